The summed E-state index contributed by atoms with van der Waals surface area (Å²) in [5.41, 5.74) is 7.36. The summed E-state index contributed by atoms with van der Waals surface area (Å²) < 4.78 is 0. The summed E-state index contributed by atoms with van der Waals surface area (Å²) in [6, 6.07) is 8.21. The molecule has 0 aliphatic heterocycles. The number of carbonyl (C=O) groups is 1. The quantitative estimate of drug-likeness (QED) is 0.834. The number of rotatable bonds is 4. The number of benzene rings is 1. The first kappa shape index (κ1) is 14.4. The van der Waals surface area contributed by atoms with Crippen molar-refractivity contribution >= 4 is 11.6 Å². The second kappa shape index (κ2) is 5.70. The molecule has 2 fully saturated rings. The molecule has 1 amide bonds. The Kier molecular flexibility index (Phi) is 3.92. The molecule has 21 heavy (non-hydrogen) atoms. The highest BCUT2D eigenvalue weighted by Gasteiger charge is 2.51. The zero-order chi connectivity index (χ0) is 14.9. The Morgan fingerprint density at radius 2 is 1.90 bits per heavy atom. The third-order valence-corrected chi connectivity index (χ3v) is 5.40. The molecule has 2 saturated carbocycles. The fraction of sp³-hybridized carbons (Fsp3) is 0.611. The first-order valence-electron chi connectivity index (χ1n) is 8.33. The van der Waals surface area contributed by atoms with Crippen molar-refractivity contribution in [2.24, 2.45) is 5.92 Å². The number of carbonyl (C=O) groups excluding carboxylic acids is 1. The minimum atomic E-state index is -0.274. The summed E-state index contributed by atoms with van der Waals surface area (Å²) in [7, 11) is 0. The highest BCUT2D eigenvalue weighted by atomic mass is 16.2. The first-order valence-corrected chi connectivity index (χ1v) is 8.33. The van der Waals surface area contributed by atoms with Gasteiger partial charge in [0.05, 0.1) is 5.41 Å². The van der Waals surface area contributed by atoms with Crippen LogP contribution < -0.4 is 11.1 Å². The molecule has 1 aromatic rings. The van der Waals surface area contributed by atoms with Crippen molar-refractivity contribution in [1.29, 1.82) is 0 Å². The summed E-state index contributed by atoms with van der Waals surface area (Å²) in [6.07, 6.45) is 8.06. The van der Waals surface area contributed by atoms with Gasteiger partial charge in [-0.2, -0.15) is 0 Å². The van der Waals surface area contributed by atoms with Crippen molar-refractivity contribution < 1.29 is 4.79 Å². The molecule has 114 valence electrons. The Labute approximate surface area is 127 Å². The molecule has 0 saturated heterocycles. The van der Waals surface area contributed by atoms with Crippen LogP contribution in [-0.2, 0) is 10.2 Å². The maximum absolute atomic E-state index is 12.8. The van der Waals surface area contributed by atoms with Gasteiger partial charge < -0.3 is 11.1 Å². The Bertz CT molecular complexity index is 504. The molecular formula is C18H26N2O. The standard InChI is InChI=1S/C18H26N2O/c1-2-13-5-3-4-6-16(13)20-17(21)18(11-12-18)14-7-9-15(19)10-8-14/h7-10,13,16H,2-6,11-12,19H2,1H3,(H,20,21). The van der Waals surface area contributed by atoms with Crippen LogP contribution in [-0.4, -0.2) is 11.9 Å². The zero-order valence-corrected chi connectivity index (χ0v) is 12.9. The lowest BCUT2D eigenvalue weighted by molar-refractivity contribution is -0.125. The number of hydrogen-bond acceptors (Lipinski definition) is 2. The van der Waals surface area contributed by atoms with E-state index in [4.69, 9.17) is 5.73 Å². The lowest BCUT2D eigenvalue weighted by Gasteiger charge is -2.33. The molecule has 3 nitrogen and oxygen atoms in total. The monoisotopic (exact) mass is 286 g/mol. The molecule has 1 aromatic carbocycles. The smallest absolute Gasteiger partial charge is 0.230 e. The predicted molar refractivity (Wildman–Crippen MR) is 85.9 cm³/mol. The van der Waals surface area contributed by atoms with Gasteiger partial charge in [-0.15, -0.1) is 0 Å². The highest BCUT2D eigenvalue weighted by Crippen LogP contribution is 2.48. The van der Waals surface area contributed by atoms with E-state index in [0.29, 0.717) is 12.0 Å². The second-order valence-electron chi connectivity index (χ2n) is 6.74. The van der Waals surface area contributed by atoms with Crippen LogP contribution in [0, 0.1) is 5.92 Å². The molecule has 0 bridgehead atoms. The van der Waals surface area contributed by atoms with Crippen molar-refractivity contribution in [1.82, 2.24) is 5.32 Å². The van der Waals surface area contributed by atoms with E-state index in [1.165, 1.54) is 25.7 Å². The summed E-state index contributed by atoms with van der Waals surface area (Å²) in [5.74, 6) is 0.891. The normalized spacial score (nSPS) is 27.1. The van der Waals surface area contributed by atoms with Crippen LogP contribution in [0.4, 0.5) is 5.69 Å². The molecule has 0 aromatic heterocycles. The molecule has 3 rings (SSSR count). The maximum atomic E-state index is 12.8. The minimum absolute atomic E-state index is 0.234. The molecule has 0 spiro atoms. The van der Waals surface area contributed by atoms with Crippen LogP contribution in [0.3, 0.4) is 0 Å². The van der Waals surface area contributed by atoms with Crippen molar-refractivity contribution in [3.63, 3.8) is 0 Å². The molecule has 2 atom stereocenters. The summed E-state index contributed by atoms with van der Waals surface area (Å²) >= 11 is 0. The van der Waals surface area contributed by atoms with E-state index in [2.05, 4.69) is 12.2 Å². The Morgan fingerprint density at radius 3 is 2.52 bits per heavy atom. The van der Waals surface area contributed by atoms with E-state index in [0.717, 1.165) is 30.5 Å². The fourth-order valence-corrected chi connectivity index (χ4v) is 3.77. The van der Waals surface area contributed by atoms with Crippen molar-refractivity contribution in [3.8, 4) is 0 Å². The SMILES string of the molecule is CCC1CCCCC1NC(=O)C1(c2ccc(N)cc2)CC1. The van der Waals surface area contributed by atoms with Gasteiger partial charge in [0.2, 0.25) is 5.91 Å². The molecule has 2 unspecified atom stereocenters. The molecule has 3 N–H and O–H groups in total. The van der Waals surface area contributed by atoms with Gasteiger partial charge in [-0.3, -0.25) is 4.79 Å². The van der Waals surface area contributed by atoms with Crippen LogP contribution in [0.25, 0.3) is 0 Å². The number of nitrogen functional groups attached to an aromatic ring is 1. The van der Waals surface area contributed by atoms with Crippen molar-refractivity contribution in [3.05, 3.63) is 29.8 Å². The number of amides is 1. The molecule has 0 radical (unpaired) electrons. The van der Waals surface area contributed by atoms with E-state index in [1.807, 2.05) is 24.3 Å². The zero-order valence-electron chi connectivity index (χ0n) is 12.9. The maximum Gasteiger partial charge on any atom is 0.230 e. The number of hydrogen-bond donors (Lipinski definition) is 2. The topological polar surface area (TPSA) is 55.1 Å². The van der Waals surface area contributed by atoms with Crippen LogP contribution >= 0.6 is 0 Å². The molecule has 0 heterocycles. The fourth-order valence-electron chi connectivity index (χ4n) is 3.77. The molecule has 3 heteroatoms. The van der Waals surface area contributed by atoms with E-state index >= 15 is 0 Å². The largest absolute Gasteiger partial charge is 0.399 e. The van der Waals surface area contributed by atoms with E-state index < -0.39 is 0 Å². The average Bonchev–Trinajstić information content (AvgIpc) is 3.30. The summed E-state index contributed by atoms with van der Waals surface area (Å²) in [5, 5.41) is 3.37. The Hall–Kier alpha value is -1.51. The van der Waals surface area contributed by atoms with Crippen LogP contribution in [0.1, 0.15) is 57.4 Å². The van der Waals surface area contributed by atoms with E-state index in [1.54, 1.807) is 0 Å². The second-order valence-corrected chi connectivity index (χ2v) is 6.74. The van der Waals surface area contributed by atoms with Gasteiger partial charge in [0.15, 0.2) is 0 Å². The minimum Gasteiger partial charge on any atom is -0.399 e. The van der Waals surface area contributed by atoms with Gasteiger partial charge in [0, 0.05) is 11.7 Å². The first-order chi connectivity index (χ1) is 10.2. The van der Waals surface area contributed by atoms with Gasteiger partial charge in [-0.1, -0.05) is 38.3 Å². The van der Waals surface area contributed by atoms with Gasteiger partial charge in [0.1, 0.15) is 0 Å². The van der Waals surface area contributed by atoms with Crippen molar-refractivity contribution in [2.75, 3.05) is 5.73 Å². The van der Waals surface area contributed by atoms with Crippen molar-refractivity contribution in [2.45, 2.75) is 63.3 Å². The number of anilines is 1. The van der Waals surface area contributed by atoms with Gasteiger partial charge in [-0.25, -0.2) is 0 Å². The third kappa shape index (κ3) is 2.78. The van der Waals surface area contributed by atoms with Crippen LogP contribution in [0.2, 0.25) is 0 Å². The summed E-state index contributed by atoms with van der Waals surface area (Å²) in [4.78, 5) is 12.8. The highest BCUT2D eigenvalue weighted by molar-refractivity contribution is 5.91. The molecular weight excluding hydrogens is 260 g/mol. The van der Waals surface area contributed by atoms with E-state index in [9.17, 15) is 4.79 Å². The molecule has 2 aliphatic rings. The lowest BCUT2D eigenvalue weighted by atomic mass is 9.82. The van der Waals surface area contributed by atoms with Crippen LogP contribution in [0.15, 0.2) is 24.3 Å². The van der Waals surface area contributed by atoms with Gasteiger partial charge >= 0.3 is 0 Å². The van der Waals surface area contributed by atoms with Crippen LogP contribution in [0.5, 0.6) is 0 Å². The lowest BCUT2D eigenvalue weighted by Crippen LogP contribution is -2.46. The molecule has 2 aliphatic carbocycles. The third-order valence-electron chi connectivity index (χ3n) is 5.40. The Balaban J connectivity index is 1.71. The number of nitrogens with one attached hydrogen (secondary N) is 1. The summed E-state index contributed by atoms with van der Waals surface area (Å²) in [6.45, 7) is 2.24. The van der Waals surface area contributed by atoms with E-state index in [-0.39, 0.29) is 11.3 Å². The average molecular weight is 286 g/mol. The van der Waals surface area contributed by atoms with Gasteiger partial charge in [-0.05, 0) is 49.3 Å². The number of nitrogens with two attached hydrogens (primary N) is 1. The van der Waals surface area contributed by atoms with Gasteiger partial charge in [0.25, 0.3) is 0 Å². The predicted octanol–water partition coefficient (Wildman–Crippen LogP) is 3.39. The Morgan fingerprint density at radius 1 is 1.24 bits per heavy atom.